The molecule has 2 saturated heterocycles. The number of sulfonamides is 1. The van der Waals surface area contributed by atoms with Gasteiger partial charge < -0.3 is 10.2 Å². The number of nitrogens with one attached hydrogen (secondary N) is 1. The lowest BCUT2D eigenvalue weighted by molar-refractivity contribution is -0.126. The summed E-state index contributed by atoms with van der Waals surface area (Å²) in [4.78, 5) is 15.0. The molecule has 0 spiro atoms. The van der Waals surface area contributed by atoms with Gasteiger partial charge in [-0.2, -0.15) is 0 Å². The summed E-state index contributed by atoms with van der Waals surface area (Å²) in [5.74, 6) is 0.643. The first kappa shape index (κ1) is 21.1. The van der Waals surface area contributed by atoms with E-state index in [1.807, 2.05) is 6.92 Å². The minimum atomic E-state index is -3.16. The van der Waals surface area contributed by atoms with Gasteiger partial charge in [0.1, 0.15) is 0 Å². The van der Waals surface area contributed by atoms with Gasteiger partial charge in [-0.1, -0.05) is 19.1 Å². The van der Waals surface area contributed by atoms with Crippen LogP contribution >= 0.6 is 0 Å². The van der Waals surface area contributed by atoms with Crippen molar-refractivity contribution in [2.24, 2.45) is 11.8 Å². The van der Waals surface area contributed by atoms with Gasteiger partial charge in [0.05, 0.1) is 12.3 Å². The molecule has 7 heteroatoms. The molecule has 156 valence electrons. The average Bonchev–Trinajstić information content (AvgIpc) is 2.67. The summed E-state index contributed by atoms with van der Waals surface area (Å²) >= 11 is 0. The number of hydrogen-bond donors (Lipinski definition) is 1. The van der Waals surface area contributed by atoms with Crippen molar-refractivity contribution < 1.29 is 13.2 Å². The number of piperidine rings is 2. The van der Waals surface area contributed by atoms with Crippen LogP contribution in [0.5, 0.6) is 0 Å². The van der Waals surface area contributed by atoms with Crippen LogP contribution in [0.3, 0.4) is 0 Å². The van der Waals surface area contributed by atoms with E-state index in [1.54, 1.807) is 0 Å². The van der Waals surface area contributed by atoms with Crippen molar-refractivity contribution >= 4 is 21.6 Å². The van der Waals surface area contributed by atoms with Crippen molar-refractivity contribution in [1.82, 2.24) is 9.62 Å². The highest BCUT2D eigenvalue weighted by atomic mass is 32.2. The highest BCUT2D eigenvalue weighted by Crippen LogP contribution is 2.25. The normalized spacial score (nSPS) is 23.4. The lowest BCUT2D eigenvalue weighted by Gasteiger charge is -2.33. The molecule has 0 aromatic heterocycles. The van der Waals surface area contributed by atoms with E-state index in [2.05, 4.69) is 41.4 Å². The molecule has 1 aromatic rings. The maximum Gasteiger partial charge on any atom is 0.223 e. The summed E-state index contributed by atoms with van der Waals surface area (Å²) in [5, 5.41) is 3.11. The van der Waals surface area contributed by atoms with Crippen LogP contribution in [0.4, 0.5) is 5.69 Å². The molecule has 2 atom stereocenters. The second kappa shape index (κ2) is 8.82. The molecule has 0 aliphatic carbocycles. The van der Waals surface area contributed by atoms with Gasteiger partial charge in [-0.05, 0) is 56.2 Å². The molecule has 2 aliphatic heterocycles. The summed E-state index contributed by atoms with van der Waals surface area (Å²) in [6.45, 7) is 7.38. The highest BCUT2D eigenvalue weighted by molar-refractivity contribution is 7.88. The minimum absolute atomic E-state index is 0.0228. The number of carbonyl (C=O) groups is 1. The Morgan fingerprint density at radius 1 is 1.11 bits per heavy atom. The van der Waals surface area contributed by atoms with Crippen molar-refractivity contribution in [2.45, 2.75) is 45.6 Å². The molecular formula is C21H33N3O3S. The molecule has 6 nitrogen and oxygen atoms in total. The summed E-state index contributed by atoms with van der Waals surface area (Å²) < 4.78 is 24.7. The van der Waals surface area contributed by atoms with Crippen LogP contribution in [0.15, 0.2) is 24.3 Å². The van der Waals surface area contributed by atoms with Crippen LogP contribution in [-0.4, -0.2) is 51.1 Å². The van der Waals surface area contributed by atoms with Gasteiger partial charge in [-0.3, -0.25) is 4.79 Å². The molecule has 1 amide bonds. The zero-order valence-electron chi connectivity index (χ0n) is 17.2. The third-order valence-corrected chi connectivity index (χ3v) is 7.37. The minimum Gasteiger partial charge on any atom is -0.371 e. The predicted molar refractivity (Wildman–Crippen MR) is 113 cm³/mol. The molecule has 1 N–H and O–H groups in total. The molecular weight excluding hydrogens is 374 g/mol. The van der Waals surface area contributed by atoms with Gasteiger partial charge in [-0.15, -0.1) is 0 Å². The Morgan fingerprint density at radius 3 is 2.32 bits per heavy atom. The molecule has 1 aromatic carbocycles. The first-order valence-corrected chi connectivity index (χ1v) is 12.2. The summed E-state index contributed by atoms with van der Waals surface area (Å²) in [6, 6.07) is 8.45. The van der Waals surface area contributed by atoms with Crippen molar-refractivity contribution in [2.75, 3.05) is 37.3 Å². The number of hydrogen-bond acceptors (Lipinski definition) is 4. The lowest BCUT2D eigenvalue weighted by Crippen LogP contribution is -2.43. The zero-order chi connectivity index (χ0) is 20.3. The molecule has 28 heavy (non-hydrogen) atoms. The van der Waals surface area contributed by atoms with E-state index >= 15 is 0 Å². The maximum atomic E-state index is 12.6. The van der Waals surface area contributed by atoms with E-state index in [4.69, 9.17) is 0 Å². The lowest BCUT2D eigenvalue weighted by atomic mass is 9.96. The van der Waals surface area contributed by atoms with Crippen LogP contribution in [0, 0.1) is 11.8 Å². The molecule has 2 fully saturated rings. The standard InChI is InChI=1S/C21H33N3O3S/c1-16-5-4-12-23(15-16)20-8-6-18(7-9-20)17(2)22-21(25)19-10-13-24(14-11-19)28(3,26)27/h6-9,16-17,19H,4-5,10-15H2,1-3H3,(H,22,25). The SMILES string of the molecule is CC1CCCN(c2ccc(C(C)NC(=O)C3CCN(S(C)(=O)=O)CC3)cc2)C1. The van der Waals surface area contributed by atoms with Gasteiger partial charge in [0.15, 0.2) is 0 Å². The number of amides is 1. The second-order valence-corrected chi connectivity index (χ2v) is 10.4. The van der Waals surface area contributed by atoms with Crippen LogP contribution in [-0.2, 0) is 14.8 Å². The Balaban J connectivity index is 1.53. The highest BCUT2D eigenvalue weighted by Gasteiger charge is 2.29. The van der Waals surface area contributed by atoms with Gasteiger partial charge >= 0.3 is 0 Å². The second-order valence-electron chi connectivity index (χ2n) is 8.45. The molecule has 0 radical (unpaired) electrons. The van der Waals surface area contributed by atoms with E-state index in [0.29, 0.717) is 25.9 Å². The number of nitrogens with zero attached hydrogens (tertiary/aromatic N) is 2. The Labute approximate surface area is 169 Å². The average molecular weight is 408 g/mol. The van der Waals surface area contributed by atoms with E-state index < -0.39 is 10.0 Å². The fraction of sp³-hybridized carbons (Fsp3) is 0.667. The molecule has 2 heterocycles. The first-order valence-electron chi connectivity index (χ1n) is 10.3. The Kier molecular flexibility index (Phi) is 6.65. The Morgan fingerprint density at radius 2 is 1.75 bits per heavy atom. The molecule has 2 aliphatic rings. The molecule has 0 bridgehead atoms. The maximum absolute atomic E-state index is 12.6. The smallest absolute Gasteiger partial charge is 0.223 e. The van der Waals surface area contributed by atoms with E-state index in [9.17, 15) is 13.2 Å². The van der Waals surface area contributed by atoms with Crippen LogP contribution in [0.25, 0.3) is 0 Å². The monoisotopic (exact) mass is 407 g/mol. The third-order valence-electron chi connectivity index (χ3n) is 6.07. The summed E-state index contributed by atoms with van der Waals surface area (Å²) in [6.07, 6.45) is 4.94. The third kappa shape index (κ3) is 5.26. The van der Waals surface area contributed by atoms with Gasteiger partial charge in [0, 0.05) is 37.8 Å². The topological polar surface area (TPSA) is 69.7 Å². The van der Waals surface area contributed by atoms with Crippen LogP contribution in [0.1, 0.15) is 51.1 Å². The number of rotatable bonds is 5. The van der Waals surface area contributed by atoms with E-state index in [1.165, 1.54) is 29.1 Å². The zero-order valence-corrected chi connectivity index (χ0v) is 18.0. The van der Waals surface area contributed by atoms with Gasteiger partial charge in [0.2, 0.25) is 15.9 Å². The first-order chi connectivity index (χ1) is 13.2. The van der Waals surface area contributed by atoms with Gasteiger partial charge in [-0.25, -0.2) is 12.7 Å². The number of anilines is 1. The molecule has 0 saturated carbocycles. The van der Waals surface area contributed by atoms with Crippen molar-refractivity contribution in [1.29, 1.82) is 0 Å². The molecule has 2 unspecified atom stereocenters. The van der Waals surface area contributed by atoms with Crippen LogP contribution < -0.4 is 10.2 Å². The molecule has 3 rings (SSSR count). The predicted octanol–water partition coefficient (Wildman–Crippen LogP) is 2.77. The fourth-order valence-electron chi connectivity index (χ4n) is 4.26. The van der Waals surface area contributed by atoms with Gasteiger partial charge in [0.25, 0.3) is 0 Å². The van der Waals surface area contributed by atoms with Crippen molar-refractivity contribution in [3.8, 4) is 0 Å². The summed E-state index contributed by atoms with van der Waals surface area (Å²) in [5.41, 5.74) is 2.35. The largest absolute Gasteiger partial charge is 0.371 e. The van der Waals surface area contributed by atoms with Crippen molar-refractivity contribution in [3.63, 3.8) is 0 Å². The van der Waals surface area contributed by atoms with Crippen LogP contribution in [0.2, 0.25) is 0 Å². The number of carbonyl (C=O) groups excluding carboxylic acids is 1. The summed E-state index contributed by atoms with van der Waals surface area (Å²) in [7, 11) is -3.16. The quantitative estimate of drug-likeness (QED) is 0.815. The van der Waals surface area contributed by atoms with E-state index in [-0.39, 0.29) is 17.9 Å². The van der Waals surface area contributed by atoms with Crippen molar-refractivity contribution in [3.05, 3.63) is 29.8 Å². The Hall–Kier alpha value is -1.60. The van der Waals surface area contributed by atoms with E-state index in [0.717, 1.165) is 24.6 Å². The fourth-order valence-corrected chi connectivity index (χ4v) is 5.14. The Bertz CT molecular complexity index is 771. The number of benzene rings is 1.